The minimum atomic E-state index is -0.173. The highest BCUT2D eigenvalue weighted by Gasteiger charge is 2.18. The molecule has 5 rings (SSSR count). The van der Waals surface area contributed by atoms with Gasteiger partial charge >= 0.3 is 0 Å². The van der Waals surface area contributed by atoms with Gasteiger partial charge in [-0.3, -0.25) is 14.3 Å². The zero-order valence-corrected chi connectivity index (χ0v) is 17.2. The number of hydrogen-bond donors (Lipinski definition) is 0. The van der Waals surface area contributed by atoms with Crippen LogP contribution in [-0.4, -0.2) is 24.5 Å². The van der Waals surface area contributed by atoms with Crippen molar-refractivity contribution in [2.45, 2.75) is 19.9 Å². The minimum Gasteiger partial charge on any atom is -0.282 e. The van der Waals surface area contributed by atoms with Crippen molar-refractivity contribution in [1.29, 1.82) is 0 Å². The predicted octanol–water partition coefficient (Wildman–Crippen LogP) is 4.70. The molecule has 3 heterocycles. The number of rotatable bonds is 3. The van der Waals surface area contributed by atoms with E-state index in [2.05, 4.69) is 21.4 Å². The predicted molar refractivity (Wildman–Crippen MR) is 118 cm³/mol. The summed E-state index contributed by atoms with van der Waals surface area (Å²) in [5.41, 5.74) is 4.47. The fourth-order valence-corrected chi connectivity index (χ4v) is 3.82. The zero-order valence-electron chi connectivity index (χ0n) is 16.5. The maximum absolute atomic E-state index is 13.4. The molecule has 5 aromatic rings. The van der Waals surface area contributed by atoms with E-state index >= 15 is 0 Å². The molecule has 7 heteroatoms. The van der Waals surface area contributed by atoms with Crippen LogP contribution in [0.1, 0.15) is 24.1 Å². The number of aromatic nitrogens is 5. The van der Waals surface area contributed by atoms with E-state index in [1.54, 1.807) is 33.8 Å². The third-order valence-electron chi connectivity index (χ3n) is 5.42. The molecule has 0 unspecified atom stereocenters. The second-order valence-electron chi connectivity index (χ2n) is 7.32. The van der Waals surface area contributed by atoms with Crippen molar-refractivity contribution in [3.63, 3.8) is 0 Å². The molecule has 30 heavy (non-hydrogen) atoms. The highest BCUT2D eigenvalue weighted by molar-refractivity contribution is 6.31. The molecule has 0 radical (unpaired) electrons. The van der Waals surface area contributed by atoms with Crippen LogP contribution in [0.15, 0.2) is 71.8 Å². The van der Waals surface area contributed by atoms with Crippen molar-refractivity contribution in [3.8, 4) is 5.69 Å². The molecule has 0 saturated heterocycles. The van der Waals surface area contributed by atoms with E-state index in [-0.39, 0.29) is 11.6 Å². The SMILES string of the molecule is Cc1cc(-n2ccc3nnn([C@H](C)c4ccc5ncccc5c4)c3c2=O)ccc1Cl. The molecule has 148 valence electrons. The molecule has 3 aromatic heterocycles. The topological polar surface area (TPSA) is 65.6 Å². The van der Waals surface area contributed by atoms with Crippen LogP contribution in [-0.2, 0) is 0 Å². The fourth-order valence-electron chi connectivity index (χ4n) is 3.70. The largest absolute Gasteiger partial charge is 0.282 e. The van der Waals surface area contributed by atoms with Crippen LogP contribution < -0.4 is 5.56 Å². The Labute approximate surface area is 177 Å². The quantitative estimate of drug-likeness (QED) is 0.428. The molecule has 2 aromatic carbocycles. The van der Waals surface area contributed by atoms with Gasteiger partial charge in [-0.25, -0.2) is 4.68 Å². The highest BCUT2D eigenvalue weighted by Crippen LogP contribution is 2.24. The van der Waals surface area contributed by atoms with Gasteiger partial charge in [-0.1, -0.05) is 28.9 Å². The Bertz CT molecular complexity index is 1470. The molecule has 0 aliphatic heterocycles. The molecule has 0 N–H and O–H groups in total. The van der Waals surface area contributed by atoms with Crippen molar-refractivity contribution < 1.29 is 0 Å². The van der Waals surface area contributed by atoms with E-state index in [4.69, 9.17) is 11.6 Å². The molecule has 0 bridgehead atoms. The minimum absolute atomic E-state index is 0.171. The third kappa shape index (κ3) is 2.97. The van der Waals surface area contributed by atoms with Crippen molar-refractivity contribution in [2.24, 2.45) is 0 Å². The lowest BCUT2D eigenvalue weighted by Crippen LogP contribution is -2.22. The number of aryl methyl sites for hydroxylation is 1. The number of halogens is 1. The lowest BCUT2D eigenvalue weighted by molar-refractivity contribution is 0.558. The van der Waals surface area contributed by atoms with Crippen molar-refractivity contribution in [1.82, 2.24) is 24.5 Å². The summed E-state index contributed by atoms with van der Waals surface area (Å²) < 4.78 is 3.29. The first kappa shape index (κ1) is 18.5. The smallest absolute Gasteiger partial charge is 0.282 e. The highest BCUT2D eigenvalue weighted by atomic mass is 35.5. The fraction of sp³-hybridized carbons (Fsp3) is 0.130. The van der Waals surface area contributed by atoms with E-state index in [0.717, 1.165) is 27.7 Å². The van der Waals surface area contributed by atoms with E-state index in [0.29, 0.717) is 16.1 Å². The monoisotopic (exact) mass is 415 g/mol. The molecule has 0 spiro atoms. The zero-order chi connectivity index (χ0) is 20.8. The van der Waals surface area contributed by atoms with E-state index in [1.807, 2.05) is 50.2 Å². The number of pyridine rings is 2. The third-order valence-corrected chi connectivity index (χ3v) is 5.84. The average molecular weight is 416 g/mol. The summed E-state index contributed by atoms with van der Waals surface area (Å²) in [6.07, 6.45) is 3.50. The number of nitrogens with zero attached hydrogens (tertiary/aromatic N) is 5. The second-order valence-corrected chi connectivity index (χ2v) is 7.73. The van der Waals surface area contributed by atoms with Gasteiger partial charge in [0, 0.05) is 28.5 Å². The Morgan fingerprint density at radius 1 is 1.03 bits per heavy atom. The number of fused-ring (bicyclic) bond motifs is 2. The number of hydrogen-bond acceptors (Lipinski definition) is 4. The molecule has 0 aliphatic carbocycles. The number of benzene rings is 2. The van der Waals surface area contributed by atoms with Gasteiger partial charge < -0.3 is 0 Å². The Hall–Kier alpha value is -3.51. The normalized spacial score (nSPS) is 12.5. The second kappa shape index (κ2) is 7.07. The first-order valence-corrected chi connectivity index (χ1v) is 9.98. The standard InChI is InChI=1S/C23H18ClN5O/c1-14-12-18(6-7-19(14)24)28-11-9-21-22(23(28)30)29(27-26-21)15(2)16-5-8-20-17(13-16)4-3-10-25-20/h3-13,15H,1-2H3/t15-/m1/s1. The average Bonchev–Trinajstić information content (AvgIpc) is 3.20. The van der Waals surface area contributed by atoms with Gasteiger partial charge in [0.1, 0.15) is 5.52 Å². The lowest BCUT2D eigenvalue weighted by atomic mass is 10.1. The van der Waals surface area contributed by atoms with Gasteiger partial charge in [-0.05, 0) is 67.4 Å². The Balaban J connectivity index is 1.65. The van der Waals surface area contributed by atoms with Crippen LogP contribution in [0.2, 0.25) is 5.02 Å². The van der Waals surface area contributed by atoms with Crippen molar-refractivity contribution in [2.75, 3.05) is 0 Å². The van der Waals surface area contributed by atoms with E-state index in [1.165, 1.54) is 0 Å². The molecule has 1 atom stereocenters. The maximum Gasteiger partial charge on any atom is 0.282 e. The first-order chi connectivity index (χ1) is 14.5. The van der Waals surface area contributed by atoms with Crippen LogP contribution in [0, 0.1) is 6.92 Å². The van der Waals surface area contributed by atoms with E-state index in [9.17, 15) is 4.79 Å². The van der Waals surface area contributed by atoms with Crippen molar-refractivity contribution in [3.05, 3.63) is 93.5 Å². The molecule has 0 fully saturated rings. The molecular weight excluding hydrogens is 398 g/mol. The summed E-state index contributed by atoms with van der Waals surface area (Å²) in [7, 11) is 0. The summed E-state index contributed by atoms with van der Waals surface area (Å²) in [6, 6.07) is 17.2. The summed E-state index contributed by atoms with van der Waals surface area (Å²) in [5.74, 6) is 0. The first-order valence-electron chi connectivity index (χ1n) is 9.61. The van der Waals surface area contributed by atoms with Crippen LogP contribution >= 0.6 is 11.6 Å². The van der Waals surface area contributed by atoms with Crippen LogP contribution in [0.3, 0.4) is 0 Å². The summed E-state index contributed by atoms with van der Waals surface area (Å²) in [5, 5.41) is 10.2. The lowest BCUT2D eigenvalue weighted by Gasteiger charge is -2.14. The molecule has 0 aliphatic rings. The molecular formula is C23H18ClN5O. The summed E-state index contributed by atoms with van der Waals surface area (Å²) >= 11 is 6.15. The summed E-state index contributed by atoms with van der Waals surface area (Å²) in [4.78, 5) is 17.7. The van der Waals surface area contributed by atoms with Gasteiger partial charge in [0.05, 0.1) is 11.6 Å². The molecule has 0 saturated carbocycles. The van der Waals surface area contributed by atoms with Gasteiger partial charge in [0.2, 0.25) is 0 Å². The Morgan fingerprint density at radius 3 is 2.73 bits per heavy atom. The van der Waals surface area contributed by atoms with Gasteiger partial charge in [0.15, 0.2) is 5.52 Å². The van der Waals surface area contributed by atoms with Crippen LogP contribution in [0.25, 0.3) is 27.6 Å². The molecule has 0 amide bonds. The maximum atomic E-state index is 13.4. The van der Waals surface area contributed by atoms with Gasteiger partial charge in [0.25, 0.3) is 5.56 Å². The van der Waals surface area contributed by atoms with E-state index < -0.39 is 0 Å². The van der Waals surface area contributed by atoms with Crippen LogP contribution in [0.4, 0.5) is 0 Å². The van der Waals surface area contributed by atoms with Gasteiger partial charge in [-0.15, -0.1) is 5.10 Å². The Kier molecular flexibility index (Phi) is 4.37. The van der Waals surface area contributed by atoms with Gasteiger partial charge in [-0.2, -0.15) is 0 Å². The Morgan fingerprint density at radius 2 is 1.90 bits per heavy atom. The van der Waals surface area contributed by atoms with Crippen LogP contribution in [0.5, 0.6) is 0 Å². The molecule has 6 nitrogen and oxygen atoms in total. The summed E-state index contributed by atoms with van der Waals surface area (Å²) in [6.45, 7) is 3.92. The van der Waals surface area contributed by atoms with Crippen molar-refractivity contribution >= 4 is 33.5 Å².